The van der Waals surface area contributed by atoms with Crippen molar-refractivity contribution in [3.63, 3.8) is 0 Å². The highest BCUT2D eigenvalue weighted by Crippen LogP contribution is 2.27. The molecule has 0 aliphatic rings. The minimum atomic E-state index is 0.256. The normalized spacial score (nSPS) is 13.0. The molecule has 16 heavy (non-hydrogen) atoms. The molecule has 0 amide bonds. The van der Waals surface area contributed by atoms with E-state index in [9.17, 15) is 0 Å². The zero-order chi connectivity index (χ0) is 12.0. The lowest BCUT2D eigenvalue weighted by molar-refractivity contribution is 0.555. The number of unbranched alkanes of at least 4 members (excludes halogenated alkanes) is 4. The monoisotopic (exact) mass is 239 g/mol. The average Bonchev–Trinajstić information content (AvgIpc) is 2.57. The molecule has 0 aliphatic heterocycles. The topological polar surface area (TPSA) is 26.0 Å². The summed E-state index contributed by atoms with van der Waals surface area (Å²) in [5.74, 6) is 0. The standard InChI is InChI=1S/C14H25NS/c1-4-5-6-7-8-9-14(15)13-10-11(2)16-12(13)3/h10,14H,4-9,15H2,1-3H3. The number of nitrogens with two attached hydrogens (primary N) is 1. The van der Waals surface area contributed by atoms with Gasteiger partial charge in [-0.25, -0.2) is 0 Å². The summed E-state index contributed by atoms with van der Waals surface area (Å²) in [5, 5.41) is 0. The largest absolute Gasteiger partial charge is 0.324 e. The van der Waals surface area contributed by atoms with Crippen LogP contribution in [-0.4, -0.2) is 0 Å². The predicted molar refractivity (Wildman–Crippen MR) is 74.1 cm³/mol. The second-order valence-electron chi connectivity index (χ2n) is 4.68. The van der Waals surface area contributed by atoms with Crippen LogP contribution in [0.2, 0.25) is 0 Å². The van der Waals surface area contributed by atoms with Crippen molar-refractivity contribution in [3.8, 4) is 0 Å². The highest BCUT2D eigenvalue weighted by atomic mass is 32.1. The molecule has 92 valence electrons. The smallest absolute Gasteiger partial charge is 0.0305 e. The maximum atomic E-state index is 6.23. The van der Waals surface area contributed by atoms with Gasteiger partial charge < -0.3 is 5.73 Å². The van der Waals surface area contributed by atoms with Crippen LogP contribution in [0.3, 0.4) is 0 Å². The molecule has 1 heterocycles. The van der Waals surface area contributed by atoms with Crippen LogP contribution in [0.1, 0.15) is 66.8 Å². The van der Waals surface area contributed by atoms with Crippen molar-refractivity contribution in [3.05, 3.63) is 21.4 Å². The van der Waals surface area contributed by atoms with Gasteiger partial charge in [0.25, 0.3) is 0 Å². The van der Waals surface area contributed by atoms with Gasteiger partial charge in [0.1, 0.15) is 0 Å². The van der Waals surface area contributed by atoms with E-state index in [0.717, 1.165) is 6.42 Å². The average molecular weight is 239 g/mol. The Kier molecular flexibility index (Phi) is 6.07. The van der Waals surface area contributed by atoms with Gasteiger partial charge in [-0.1, -0.05) is 39.0 Å². The van der Waals surface area contributed by atoms with Crippen molar-refractivity contribution in [1.82, 2.24) is 0 Å². The summed E-state index contributed by atoms with van der Waals surface area (Å²) in [6.07, 6.45) is 7.80. The molecule has 0 saturated carbocycles. The third kappa shape index (κ3) is 4.26. The molecule has 0 saturated heterocycles. The lowest BCUT2D eigenvalue weighted by atomic mass is 10.0. The van der Waals surface area contributed by atoms with Crippen molar-refractivity contribution in [2.24, 2.45) is 5.73 Å². The fourth-order valence-corrected chi connectivity index (χ4v) is 3.14. The van der Waals surface area contributed by atoms with Gasteiger partial charge in [-0.2, -0.15) is 0 Å². The molecule has 1 aromatic heterocycles. The van der Waals surface area contributed by atoms with Crippen LogP contribution in [0, 0.1) is 13.8 Å². The molecule has 1 nitrogen and oxygen atoms in total. The Morgan fingerprint density at radius 3 is 2.44 bits per heavy atom. The summed E-state index contributed by atoms with van der Waals surface area (Å²) in [5.41, 5.74) is 7.60. The summed E-state index contributed by atoms with van der Waals surface area (Å²) in [6, 6.07) is 2.52. The second kappa shape index (κ2) is 7.08. The van der Waals surface area contributed by atoms with Gasteiger partial charge in [-0.3, -0.25) is 0 Å². The van der Waals surface area contributed by atoms with Gasteiger partial charge in [0.15, 0.2) is 0 Å². The highest BCUT2D eigenvalue weighted by molar-refractivity contribution is 7.12. The molecule has 2 heteroatoms. The molecule has 2 N–H and O–H groups in total. The van der Waals surface area contributed by atoms with Crippen LogP contribution >= 0.6 is 11.3 Å². The lowest BCUT2D eigenvalue weighted by Crippen LogP contribution is -2.10. The first kappa shape index (κ1) is 13.7. The second-order valence-corrected chi connectivity index (χ2v) is 6.14. The number of aryl methyl sites for hydroxylation is 2. The molecule has 0 fully saturated rings. The first-order valence-electron chi connectivity index (χ1n) is 6.47. The lowest BCUT2D eigenvalue weighted by Gasteiger charge is -2.11. The van der Waals surface area contributed by atoms with Gasteiger partial charge >= 0.3 is 0 Å². The summed E-state index contributed by atoms with van der Waals surface area (Å²) in [4.78, 5) is 2.78. The van der Waals surface area contributed by atoms with Crippen molar-refractivity contribution < 1.29 is 0 Å². The Balaban J connectivity index is 2.29. The molecule has 0 spiro atoms. The van der Waals surface area contributed by atoms with E-state index in [1.807, 2.05) is 11.3 Å². The van der Waals surface area contributed by atoms with Crippen molar-refractivity contribution in [2.45, 2.75) is 65.3 Å². The highest BCUT2D eigenvalue weighted by Gasteiger charge is 2.10. The van der Waals surface area contributed by atoms with E-state index in [2.05, 4.69) is 26.8 Å². The predicted octanol–water partition coefficient (Wildman–Crippen LogP) is 4.73. The molecule has 0 aromatic carbocycles. The molecule has 0 bridgehead atoms. The molecule has 0 aliphatic carbocycles. The number of hydrogen-bond donors (Lipinski definition) is 1. The SMILES string of the molecule is CCCCCCCC(N)c1cc(C)sc1C. The van der Waals surface area contributed by atoms with Gasteiger partial charge in [-0.15, -0.1) is 11.3 Å². The van der Waals surface area contributed by atoms with E-state index in [1.165, 1.54) is 47.4 Å². The van der Waals surface area contributed by atoms with E-state index in [-0.39, 0.29) is 6.04 Å². The van der Waals surface area contributed by atoms with Crippen LogP contribution in [0.25, 0.3) is 0 Å². The molecule has 0 radical (unpaired) electrons. The summed E-state index contributed by atoms with van der Waals surface area (Å²) in [7, 11) is 0. The Morgan fingerprint density at radius 2 is 1.88 bits per heavy atom. The number of thiophene rings is 1. The third-order valence-electron chi connectivity index (χ3n) is 3.10. The number of rotatable bonds is 7. The molecule has 1 rings (SSSR count). The van der Waals surface area contributed by atoms with Crippen LogP contribution in [0.5, 0.6) is 0 Å². The van der Waals surface area contributed by atoms with Crippen LogP contribution < -0.4 is 5.73 Å². The van der Waals surface area contributed by atoms with Crippen LogP contribution in [-0.2, 0) is 0 Å². The molecular weight excluding hydrogens is 214 g/mol. The third-order valence-corrected chi connectivity index (χ3v) is 4.08. The number of hydrogen-bond acceptors (Lipinski definition) is 2. The van der Waals surface area contributed by atoms with Gasteiger partial charge in [0.05, 0.1) is 0 Å². The van der Waals surface area contributed by atoms with Crippen molar-refractivity contribution in [1.29, 1.82) is 0 Å². The van der Waals surface area contributed by atoms with Gasteiger partial charge in [0.2, 0.25) is 0 Å². The van der Waals surface area contributed by atoms with Crippen molar-refractivity contribution >= 4 is 11.3 Å². The maximum Gasteiger partial charge on any atom is 0.0305 e. The first-order valence-corrected chi connectivity index (χ1v) is 7.29. The molecule has 1 atom stereocenters. The summed E-state index contributed by atoms with van der Waals surface area (Å²) < 4.78 is 0. The van der Waals surface area contributed by atoms with Gasteiger partial charge in [0, 0.05) is 15.8 Å². The Morgan fingerprint density at radius 1 is 1.19 bits per heavy atom. The molecule has 1 aromatic rings. The van der Waals surface area contributed by atoms with Crippen LogP contribution in [0.4, 0.5) is 0 Å². The Labute approximate surface area is 104 Å². The zero-order valence-corrected chi connectivity index (χ0v) is 11.7. The molecule has 1 unspecified atom stereocenters. The van der Waals surface area contributed by atoms with E-state index in [0.29, 0.717) is 0 Å². The molecular formula is C14H25NS. The Hall–Kier alpha value is -0.340. The van der Waals surface area contributed by atoms with E-state index in [1.54, 1.807) is 0 Å². The Bertz CT molecular complexity index is 304. The minimum Gasteiger partial charge on any atom is -0.324 e. The van der Waals surface area contributed by atoms with Crippen molar-refractivity contribution in [2.75, 3.05) is 0 Å². The minimum absolute atomic E-state index is 0.256. The summed E-state index contributed by atoms with van der Waals surface area (Å²) in [6.45, 7) is 6.60. The van der Waals surface area contributed by atoms with Crippen LogP contribution in [0.15, 0.2) is 6.07 Å². The van der Waals surface area contributed by atoms with E-state index < -0.39 is 0 Å². The summed E-state index contributed by atoms with van der Waals surface area (Å²) >= 11 is 1.86. The fraction of sp³-hybridized carbons (Fsp3) is 0.714. The first-order chi connectivity index (χ1) is 7.65. The maximum absolute atomic E-state index is 6.23. The van der Waals surface area contributed by atoms with E-state index in [4.69, 9.17) is 5.73 Å². The zero-order valence-electron chi connectivity index (χ0n) is 10.9. The van der Waals surface area contributed by atoms with E-state index >= 15 is 0 Å². The fourth-order valence-electron chi connectivity index (χ4n) is 2.14. The quantitative estimate of drug-likeness (QED) is 0.684. The van der Waals surface area contributed by atoms with Gasteiger partial charge in [-0.05, 0) is 31.9 Å².